The molecule has 1 fully saturated rings. The molecule has 0 unspecified atom stereocenters. The van der Waals surface area contributed by atoms with Gasteiger partial charge in [-0.15, -0.1) is 0 Å². The summed E-state index contributed by atoms with van der Waals surface area (Å²) in [6, 6.07) is 13.5. The third-order valence-electron chi connectivity index (χ3n) is 13.6. The number of phosphoric ester groups is 1. The molecule has 3 aliphatic rings. The Morgan fingerprint density at radius 2 is 1.37 bits per heavy atom. The number of phenolic OH excluding ortho intramolecular Hbond substituents is 2. The number of aliphatic hydroxyl groups excluding tert-OH is 1. The number of carbonyl (C=O) groups excluding carboxylic acids is 8. The molecule has 4 aromatic carbocycles. The van der Waals surface area contributed by atoms with Crippen LogP contribution in [0.2, 0.25) is 0 Å². The lowest BCUT2D eigenvalue weighted by molar-refractivity contribution is -0.134. The molecule has 0 bridgehead atoms. The highest BCUT2D eigenvalue weighted by atomic mass is 32.1. The Morgan fingerprint density at radius 3 is 1.95 bits per heavy atom. The van der Waals surface area contributed by atoms with Crippen molar-refractivity contribution in [2.75, 3.05) is 18.5 Å². The number of hydrogen-bond acceptors (Lipinski definition) is 16. The van der Waals surface area contributed by atoms with Gasteiger partial charge in [-0.3, -0.25) is 43.3 Å². The van der Waals surface area contributed by atoms with Crippen molar-refractivity contribution in [3.63, 3.8) is 0 Å². The van der Waals surface area contributed by atoms with Gasteiger partial charge in [0, 0.05) is 59.3 Å². The summed E-state index contributed by atoms with van der Waals surface area (Å²) < 4.78 is 28.3. The number of benzene rings is 4. The highest BCUT2D eigenvalue weighted by Crippen LogP contribution is 2.57. The number of aliphatic hydroxyl groups is 1. The monoisotopic (exact) mass is 1160 g/mol. The maximum Gasteiger partial charge on any atom is 0.524 e. The highest BCUT2D eigenvalue weighted by molar-refractivity contribution is 7.80. The van der Waals surface area contributed by atoms with Crippen LogP contribution in [0, 0.1) is 11.8 Å². The van der Waals surface area contributed by atoms with Gasteiger partial charge in [-0.05, 0) is 111 Å². The number of primary amides is 2. The zero-order chi connectivity index (χ0) is 58.9. The minimum atomic E-state index is -4.92. The molecule has 16 N–H and O–H groups in total. The number of phosphoric acid groups is 1. The largest absolute Gasteiger partial charge is 0.524 e. The Labute approximate surface area is 468 Å². The topological polar surface area (TPSA) is 419 Å². The van der Waals surface area contributed by atoms with E-state index in [1.807, 2.05) is 0 Å². The summed E-state index contributed by atoms with van der Waals surface area (Å²) in [6.45, 7) is 2.00. The second kappa shape index (κ2) is 25.8. The number of nitrogens with one attached hydrogen (secondary N) is 7. The van der Waals surface area contributed by atoms with Gasteiger partial charge in [-0.1, -0.05) is 32.0 Å². The fourth-order valence-corrected chi connectivity index (χ4v) is 10.4. The van der Waals surface area contributed by atoms with E-state index < -0.39 is 110 Å². The molecule has 26 nitrogen and oxygen atoms in total. The fraction of sp³-hybridized carbons (Fsp3) is 0.377. The van der Waals surface area contributed by atoms with Crippen molar-refractivity contribution in [1.82, 2.24) is 31.9 Å². The maximum absolute atomic E-state index is 14.2. The van der Waals surface area contributed by atoms with E-state index in [4.69, 9.17) is 33.2 Å². The van der Waals surface area contributed by atoms with Crippen LogP contribution < -0.4 is 57.9 Å². The van der Waals surface area contributed by atoms with E-state index in [0.717, 1.165) is 0 Å². The second-order valence-electron chi connectivity index (χ2n) is 20.1. The van der Waals surface area contributed by atoms with Gasteiger partial charge >= 0.3 is 13.8 Å². The number of thiocarbonyl (C=S) groups is 1. The Kier molecular flexibility index (Phi) is 19.2. The van der Waals surface area contributed by atoms with Crippen LogP contribution in [0.5, 0.6) is 28.7 Å². The molecule has 1 saturated carbocycles. The molecule has 7 rings (SSSR count). The summed E-state index contributed by atoms with van der Waals surface area (Å²) in [7, 11) is -4.92. The molecule has 2 heterocycles. The SMILES string of the molecule is CC(C)C[C@H](NC(=O)CNC(=O)[C@H](CCC(N)=O)NC(=O)[C@H](Cc1ccc(OP(=O)(O)O)cc1)NC(=O)C1CCC(NC(=S)Nc2ccc3c(c2)C(=O)OC32c3ccc(O)cc3Oc3cc(O)ccc32)CC1)C(=O)N[C@@H](CO)C(N)=O. The van der Waals surface area contributed by atoms with E-state index >= 15 is 0 Å². The normalized spacial score (nSPS) is 17.2. The average molecular weight is 1160 g/mol. The summed E-state index contributed by atoms with van der Waals surface area (Å²) in [5, 5.41) is 49.0. The second-order valence-corrected chi connectivity index (χ2v) is 21.7. The first-order chi connectivity index (χ1) is 38.3. The molecule has 0 aromatic heterocycles. The summed E-state index contributed by atoms with van der Waals surface area (Å²) in [5.74, 6) is -7.15. The summed E-state index contributed by atoms with van der Waals surface area (Å²) in [4.78, 5) is 124. The molecule has 2 aliphatic heterocycles. The lowest BCUT2D eigenvalue weighted by atomic mass is 9.77. The van der Waals surface area contributed by atoms with Crippen molar-refractivity contribution >= 4 is 78.2 Å². The zero-order valence-electron chi connectivity index (χ0n) is 43.8. The Hall–Kier alpha value is -8.36. The van der Waals surface area contributed by atoms with Gasteiger partial charge in [0.25, 0.3) is 0 Å². The summed E-state index contributed by atoms with van der Waals surface area (Å²) >= 11 is 5.68. The molecule has 7 amide bonds. The van der Waals surface area contributed by atoms with Gasteiger partial charge in [-0.2, -0.15) is 0 Å². The molecule has 1 spiro atoms. The minimum Gasteiger partial charge on any atom is -0.508 e. The molecule has 4 atom stereocenters. The highest BCUT2D eigenvalue weighted by Gasteiger charge is 2.54. The Bertz CT molecular complexity index is 3100. The third-order valence-corrected chi connectivity index (χ3v) is 14.3. The standard InChI is InChI=1S/C53H62N9O17PS/c1-26(2)19-39(49(71)62-41(25-63)46(55)68)59-45(67)24-56-48(70)38(17-18-44(54)66)60-50(72)40(20-27-3-12-33(13-4-27)79-80(74,75)76)61-47(69)28-5-7-29(8-6-28)57-52(81)58-30-9-14-35-34(21-30)51(73)78-53(35)36-15-10-31(64)22-42(36)77-43-23-32(65)11-16-37(43)53/h3-4,9-16,21-23,26,28-29,38-41,63-65H,5-8,17-20,24-25H2,1-2H3,(H2,54,66)(H2,55,68)(H,56,70)(H,59,67)(H,60,72)(H,61,69)(H,62,71)(H2,57,58,81)(H2,74,75,76)/t28?,29?,38-,39-,40-,41-/m0/s1. The van der Waals surface area contributed by atoms with E-state index in [1.54, 1.807) is 44.2 Å². The predicted octanol–water partition coefficient (Wildman–Crippen LogP) is 1.07. The van der Waals surface area contributed by atoms with Gasteiger partial charge < -0.3 is 78.0 Å². The van der Waals surface area contributed by atoms with Crippen LogP contribution in [0.3, 0.4) is 0 Å². The van der Waals surface area contributed by atoms with E-state index in [0.29, 0.717) is 53.6 Å². The molecular weight excluding hydrogens is 1100 g/mol. The number of ether oxygens (including phenoxy) is 2. The van der Waals surface area contributed by atoms with Crippen LogP contribution >= 0.6 is 20.0 Å². The van der Waals surface area contributed by atoms with Crippen molar-refractivity contribution in [3.05, 3.63) is 107 Å². The number of nitrogens with two attached hydrogens (primary N) is 2. The first-order valence-corrected chi connectivity index (χ1v) is 27.6. The lowest BCUT2D eigenvalue weighted by Gasteiger charge is -2.36. The van der Waals surface area contributed by atoms with Gasteiger partial charge in [-0.25, -0.2) is 9.36 Å². The number of hydrogen-bond donors (Lipinski definition) is 14. The lowest BCUT2D eigenvalue weighted by Crippen LogP contribution is -2.57. The fourth-order valence-electron chi connectivity index (χ4n) is 9.74. The molecule has 432 valence electrons. The van der Waals surface area contributed by atoms with Gasteiger partial charge in [0.15, 0.2) is 10.7 Å². The number of anilines is 1. The van der Waals surface area contributed by atoms with Crippen molar-refractivity contribution in [3.8, 4) is 28.7 Å². The smallest absolute Gasteiger partial charge is 0.508 e. The van der Waals surface area contributed by atoms with Gasteiger partial charge in [0.1, 0.15) is 52.9 Å². The van der Waals surface area contributed by atoms with Crippen molar-refractivity contribution in [2.24, 2.45) is 23.3 Å². The number of phenols is 2. The van der Waals surface area contributed by atoms with E-state index in [-0.39, 0.29) is 70.6 Å². The van der Waals surface area contributed by atoms with Crippen LogP contribution in [0.25, 0.3) is 0 Å². The number of rotatable bonds is 23. The first kappa shape index (κ1) is 60.3. The minimum absolute atomic E-state index is 0.0815. The molecule has 4 aromatic rings. The van der Waals surface area contributed by atoms with Crippen molar-refractivity contribution in [1.29, 1.82) is 0 Å². The molecule has 0 saturated heterocycles. The molecule has 1 aliphatic carbocycles. The number of carbonyl (C=O) groups is 8. The molecule has 28 heteroatoms. The van der Waals surface area contributed by atoms with E-state index in [2.05, 4.69) is 41.7 Å². The maximum atomic E-state index is 14.2. The van der Waals surface area contributed by atoms with Crippen LogP contribution in [0.15, 0.2) is 78.9 Å². The zero-order valence-corrected chi connectivity index (χ0v) is 45.5. The number of amides is 7. The quantitative estimate of drug-likeness (QED) is 0.0281. The summed E-state index contributed by atoms with van der Waals surface area (Å²) in [6.07, 6.45) is 0.705. The number of aromatic hydroxyl groups is 2. The predicted molar refractivity (Wildman–Crippen MR) is 291 cm³/mol. The van der Waals surface area contributed by atoms with Crippen molar-refractivity contribution in [2.45, 2.75) is 101 Å². The number of fused-ring (bicyclic) bond motifs is 6. The van der Waals surface area contributed by atoms with E-state index in [1.165, 1.54) is 48.5 Å². The van der Waals surface area contributed by atoms with Gasteiger partial charge in [0.05, 0.1) is 18.7 Å². The first-order valence-electron chi connectivity index (χ1n) is 25.6. The van der Waals surface area contributed by atoms with Gasteiger partial charge in [0.2, 0.25) is 41.4 Å². The Morgan fingerprint density at radius 1 is 0.765 bits per heavy atom. The molecule has 81 heavy (non-hydrogen) atoms. The van der Waals surface area contributed by atoms with Crippen molar-refractivity contribution < 1.29 is 82.0 Å². The Balaban J connectivity index is 0.989. The van der Waals surface area contributed by atoms with Crippen LogP contribution in [0.1, 0.15) is 91.4 Å². The molecular formula is C53H62N9O17PS. The summed E-state index contributed by atoms with van der Waals surface area (Å²) in [5.41, 5.74) is 11.7. The third kappa shape index (κ3) is 15.3. The van der Waals surface area contributed by atoms with Crippen LogP contribution in [-0.4, -0.2) is 121 Å². The van der Waals surface area contributed by atoms with Crippen LogP contribution in [-0.2, 0) is 54.9 Å². The van der Waals surface area contributed by atoms with E-state index in [9.17, 15) is 68.0 Å². The average Bonchev–Trinajstić information content (AvgIpc) is 2.02. The molecule has 0 radical (unpaired) electrons. The number of esters is 1. The van der Waals surface area contributed by atoms with Crippen LogP contribution in [0.4, 0.5) is 5.69 Å².